The first-order valence-electron chi connectivity index (χ1n) is 5.84. The molecule has 0 fully saturated rings. The van der Waals surface area contributed by atoms with E-state index in [-0.39, 0.29) is 5.56 Å². The van der Waals surface area contributed by atoms with Crippen LogP contribution < -0.4 is 11.1 Å². The second-order valence-corrected chi connectivity index (χ2v) is 4.27. The largest absolute Gasteiger partial charge is 0.478 e. The lowest BCUT2D eigenvalue weighted by atomic mass is 10.1. The smallest absolute Gasteiger partial charge is 0.337 e. The Labute approximate surface area is 111 Å². The average Bonchev–Trinajstić information content (AvgIpc) is 2.37. The maximum absolute atomic E-state index is 11.1. The van der Waals surface area contributed by atoms with Crippen molar-refractivity contribution in [1.82, 2.24) is 4.98 Å². The standard InChI is InChI=1S/C14H15N3O2/c1-9-7-16-5-4-10(9)8-17-13-6-11(15)2-3-12(13)14(18)19/h2-7,17H,8,15H2,1H3,(H,18,19). The van der Waals surface area contributed by atoms with Crippen molar-refractivity contribution in [1.29, 1.82) is 0 Å². The molecule has 0 unspecified atom stereocenters. The molecule has 19 heavy (non-hydrogen) atoms. The number of anilines is 2. The molecular formula is C14H15N3O2. The number of hydrogen-bond acceptors (Lipinski definition) is 4. The number of rotatable bonds is 4. The molecule has 0 aliphatic rings. The molecule has 0 aliphatic heterocycles. The predicted octanol–water partition coefficient (Wildman–Crippen LogP) is 2.28. The van der Waals surface area contributed by atoms with Crippen molar-refractivity contribution >= 4 is 17.3 Å². The van der Waals surface area contributed by atoms with Gasteiger partial charge >= 0.3 is 5.97 Å². The molecule has 98 valence electrons. The van der Waals surface area contributed by atoms with Crippen molar-refractivity contribution in [2.75, 3.05) is 11.1 Å². The van der Waals surface area contributed by atoms with Crippen LogP contribution in [0.2, 0.25) is 0 Å². The highest BCUT2D eigenvalue weighted by atomic mass is 16.4. The Bertz CT molecular complexity index is 611. The van der Waals surface area contributed by atoms with E-state index in [2.05, 4.69) is 10.3 Å². The summed E-state index contributed by atoms with van der Waals surface area (Å²) in [4.78, 5) is 15.1. The van der Waals surface area contributed by atoms with Crippen LogP contribution in [-0.4, -0.2) is 16.1 Å². The van der Waals surface area contributed by atoms with E-state index in [1.54, 1.807) is 24.5 Å². The Morgan fingerprint density at radius 1 is 1.42 bits per heavy atom. The van der Waals surface area contributed by atoms with Gasteiger partial charge in [0.2, 0.25) is 0 Å². The number of carboxylic acid groups (broad SMARTS) is 1. The number of pyridine rings is 1. The van der Waals surface area contributed by atoms with E-state index in [9.17, 15) is 4.79 Å². The number of nitrogen functional groups attached to an aromatic ring is 1. The topological polar surface area (TPSA) is 88.2 Å². The number of nitrogens with two attached hydrogens (primary N) is 1. The van der Waals surface area contributed by atoms with Gasteiger partial charge in [-0.15, -0.1) is 0 Å². The fourth-order valence-electron chi connectivity index (χ4n) is 1.79. The number of carboxylic acids is 1. The van der Waals surface area contributed by atoms with Gasteiger partial charge in [-0.05, 0) is 42.3 Å². The maximum Gasteiger partial charge on any atom is 0.337 e. The van der Waals surface area contributed by atoms with E-state index in [1.807, 2.05) is 13.0 Å². The van der Waals surface area contributed by atoms with Crippen LogP contribution in [0.5, 0.6) is 0 Å². The first kappa shape index (κ1) is 12.9. The predicted molar refractivity (Wildman–Crippen MR) is 74.1 cm³/mol. The number of nitrogens with zero attached hydrogens (tertiary/aromatic N) is 1. The van der Waals surface area contributed by atoms with Crippen molar-refractivity contribution < 1.29 is 9.90 Å². The lowest BCUT2D eigenvalue weighted by Crippen LogP contribution is -2.08. The third kappa shape index (κ3) is 3.01. The lowest BCUT2D eigenvalue weighted by molar-refractivity contribution is 0.0698. The summed E-state index contributed by atoms with van der Waals surface area (Å²) in [6.07, 6.45) is 3.48. The van der Waals surface area contributed by atoms with Gasteiger partial charge in [-0.3, -0.25) is 4.98 Å². The summed E-state index contributed by atoms with van der Waals surface area (Å²) >= 11 is 0. The highest BCUT2D eigenvalue weighted by molar-refractivity contribution is 5.95. The zero-order chi connectivity index (χ0) is 13.8. The normalized spacial score (nSPS) is 10.2. The molecule has 0 saturated heterocycles. The third-order valence-corrected chi connectivity index (χ3v) is 2.88. The van der Waals surface area contributed by atoms with Crippen LogP contribution in [0.25, 0.3) is 0 Å². The van der Waals surface area contributed by atoms with Crippen molar-refractivity contribution in [3.63, 3.8) is 0 Å². The molecule has 1 aromatic carbocycles. The van der Waals surface area contributed by atoms with Crippen LogP contribution in [-0.2, 0) is 6.54 Å². The van der Waals surface area contributed by atoms with Gasteiger partial charge in [0.1, 0.15) is 0 Å². The van der Waals surface area contributed by atoms with Gasteiger partial charge in [-0.25, -0.2) is 4.79 Å². The van der Waals surface area contributed by atoms with Gasteiger partial charge in [-0.1, -0.05) is 0 Å². The Kier molecular flexibility index (Phi) is 3.66. The molecule has 4 N–H and O–H groups in total. The van der Waals surface area contributed by atoms with E-state index in [1.165, 1.54) is 6.07 Å². The summed E-state index contributed by atoms with van der Waals surface area (Å²) in [7, 11) is 0. The molecule has 1 aromatic heterocycles. The fraction of sp³-hybridized carbons (Fsp3) is 0.143. The minimum Gasteiger partial charge on any atom is -0.478 e. The van der Waals surface area contributed by atoms with Crippen molar-refractivity contribution in [3.8, 4) is 0 Å². The summed E-state index contributed by atoms with van der Waals surface area (Å²) in [5.74, 6) is -0.978. The molecule has 0 aliphatic carbocycles. The average molecular weight is 257 g/mol. The molecule has 2 aromatic rings. The lowest BCUT2D eigenvalue weighted by Gasteiger charge is -2.11. The van der Waals surface area contributed by atoms with Crippen LogP contribution in [0, 0.1) is 6.92 Å². The van der Waals surface area contributed by atoms with Gasteiger partial charge in [0.15, 0.2) is 0 Å². The summed E-state index contributed by atoms with van der Waals surface area (Å²) in [6.45, 7) is 2.49. The first-order valence-corrected chi connectivity index (χ1v) is 5.84. The highest BCUT2D eigenvalue weighted by Gasteiger charge is 2.10. The van der Waals surface area contributed by atoms with Crippen molar-refractivity contribution in [3.05, 3.63) is 53.3 Å². The number of benzene rings is 1. The summed E-state index contributed by atoms with van der Waals surface area (Å²) < 4.78 is 0. The fourth-order valence-corrected chi connectivity index (χ4v) is 1.79. The van der Waals surface area contributed by atoms with Crippen LogP contribution in [0.15, 0.2) is 36.7 Å². The maximum atomic E-state index is 11.1. The molecule has 5 heteroatoms. The Morgan fingerprint density at radius 2 is 2.21 bits per heavy atom. The minimum absolute atomic E-state index is 0.209. The number of aryl methyl sites for hydroxylation is 1. The molecule has 1 heterocycles. The van der Waals surface area contributed by atoms with Crippen molar-refractivity contribution in [2.24, 2.45) is 0 Å². The molecule has 0 amide bonds. The molecule has 0 atom stereocenters. The number of carbonyl (C=O) groups is 1. The van der Waals surface area contributed by atoms with Crippen LogP contribution in [0.1, 0.15) is 21.5 Å². The minimum atomic E-state index is -0.978. The second kappa shape index (κ2) is 5.39. The molecular weight excluding hydrogens is 242 g/mol. The van der Waals surface area contributed by atoms with Crippen LogP contribution in [0.3, 0.4) is 0 Å². The van der Waals surface area contributed by atoms with Gasteiger partial charge in [0.05, 0.1) is 11.3 Å². The SMILES string of the molecule is Cc1cnccc1CNc1cc(N)ccc1C(=O)O. The van der Waals surface area contributed by atoms with Crippen molar-refractivity contribution in [2.45, 2.75) is 13.5 Å². The van der Waals surface area contributed by atoms with Gasteiger partial charge in [-0.2, -0.15) is 0 Å². The summed E-state index contributed by atoms with van der Waals surface area (Å²) in [5.41, 5.74) is 9.05. The Balaban J connectivity index is 2.22. The highest BCUT2D eigenvalue weighted by Crippen LogP contribution is 2.20. The molecule has 0 saturated carbocycles. The first-order chi connectivity index (χ1) is 9.08. The zero-order valence-electron chi connectivity index (χ0n) is 10.6. The molecule has 5 nitrogen and oxygen atoms in total. The molecule has 0 radical (unpaired) electrons. The Hall–Kier alpha value is -2.56. The van der Waals surface area contributed by atoms with E-state index < -0.39 is 5.97 Å². The zero-order valence-corrected chi connectivity index (χ0v) is 10.6. The summed E-state index contributed by atoms with van der Waals surface area (Å²) in [5, 5.41) is 12.2. The van der Waals surface area contributed by atoms with Gasteiger partial charge < -0.3 is 16.2 Å². The van der Waals surface area contributed by atoms with E-state index in [4.69, 9.17) is 10.8 Å². The summed E-state index contributed by atoms with van der Waals surface area (Å²) in [6, 6.07) is 6.60. The van der Waals surface area contributed by atoms with E-state index in [0.29, 0.717) is 17.9 Å². The van der Waals surface area contributed by atoms with Crippen LogP contribution >= 0.6 is 0 Å². The molecule has 2 rings (SSSR count). The third-order valence-electron chi connectivity index (χ3n) is 2.88. The monoisotopic (exact) mass is 257 g/mol. The molecule has 0 spiro atoms. The number of aromatic nitrogens is 1. The quantitative estimate of drug-likeness (QED) is 0.731. The van der Waals surface area contributed by atoms with E-state index in [0.717, 1.165) is 11.1 Å². The second-order valence-electron chi connectivity index (χ2n) is 4.27. The number of hydrogen-bond donors (Lipinski definition) is 3. The van der Waals surface area contributed by atoms with Gasteiger partial charge in [0, 0.05) is 24.6 Å². The van der Waals surface area contributed by atoms with Gasteiger partial charge in [0.25, 0.3) is 0 Å². The molecule has 0 bridgehead atoms. The number of aromatic carboxylic acids is 1. The number of nitrogens with one attached hydrogen (secondary N) is 1. The van der Waals surface area contributed by atoms with E-state index >= 15 is 0 Å². The van der Waals surface area contributed by atoms with Crippen LogP contribution in [0.4, 0.5) is 11.4 Å². The Morgan fingerprint density at radius 3 is 2.89 bits per heavy atom.